The van der Waals surface area contributed by atoms with E-state index in [4.69, 9.17) is 11.0 Å². The second kappa shape index (κ2) is 11.7. The summed E-state index contributed by atoms with van der Waals surface area (Å²) in [6.45, 7) is 2.72. The van der Waals surface area contributed by atoms with Crippen LogP contribution in [0.1, 0.15) is 16.7 Å². The largest absolute Gasteiger partial charge is 0.326 e. The molecule has 2 nitrogen and oxygen atoms in total. The maximum absolute atomic E-state index is 8.29. The van der Waals surface area contributed by atoms with Crippen LogP contribution in [0.4, 0.5) is 0 Å². The first-order chi connectivity index (χ1) is 11.3. The first-order valence-electron chi connectivity index (χ1n) is 7.47. The summed E-state index contributed by atoms with van der Waals surface area (Å²) in [6, 6.07) is 31.4. The van der Waals surface area contributed by atoms with Gasteiger partial charge in [-0.05, 0) is 24.6 Å². The fourth-order valence-electron chi connectivity index (χ4n) is 1.66. The zero-order chi connectivity index (χ0) is 16.8. The van der Waals surface area contributed by atoms with Gasteiger partial charge < -0.3 is 5.73 Å². The fraction of sp³-hybridized carbons (Fsp3) is 0.0952. The Morgan fingerprint density at radius 2 is 1.17 bits per heavy atom. The van der Waals surface area contributed by atoms with E-state index in [1.54, 1.807) is 12.1 Å². The summed E-state index contributed by atoms with van der Waals surface area (Å²) in [5, 5.41) is 8.29. The molecule has 2 N–H and O–H groups in total. The standard InChI is InChI=1S/C7H9N.C7H5N.C7H8/c2*8-6-7-4-2-1-3-5-7;1-7-5-3-2-4-6-7/h1-5H,6,8H2;1-5H;2-6H,1H3. The van der Waals surface area contributed by atoms with E-state index in [1.807, 2.05) is 72.8 Å². The topological polar surface area (TPSA) is 49.8 Å². The third-order valence-corrected chi connectivity index (χ3v) is 2.92. The lowest BCUT2D eigenvalue weighted by Crippen LogP contribution is -1.94. The van der Waals surface area contributed by atoms with Gasteiger partial charge in [0.1, 0.15) is 0 Å². The Morgan fingerprint density at radius 3 is 1.43 bits per heavy atom. The maximum atomic E-state index is 8.29. The molecule has 116 valence electrons. The summed E-state index contributed by atoms with van der Waals surface area (Å²) < 4.78 is 0. The van der Waals surface area contributed by atoms with Crippen molar-refractivity contribution in [2.45, 2.75) is 13.5 Å². The molecule has 0 radical (unpaired) electrons. The van der Waals surface area contributed by atoms with Crippen LogP contribution in [0.15, 0.2) is 91.0 Å². The van der Waals surface area contributed by atoms with Crippen LogP contribution in [0.2, 0.25) is 0 Å². The molecule has 0 bridgehead atoms. The summed E-state index contributed by atoms with van der Waals surface area (Å²) in [6.07, 6.45) is 0. The van der Waals surface area contributed by atoms with Gasteiger partial charge in [0.05, 0.1) is 11.6 Å². The smallest absolute Gasteiger partial charge is 0.0991 e. The summed E-state index contributed by atoms with van der Waals surface area (Å²) in [4.78, 5) is 0. The quantitative estimate of drug-likeness (QED) is 0.708. The predicted octanol–water partition coefficient (Wildman–Crippen LogP) is 4.70. The van der Waals surface area contributed by atoms with Crippen molar-refractivity contribution in [1.82, 2.24) is 0 Å². The van der Waals surface area contributed by atoms with Crippen LogP contribution in [0, 0.1) is 18.3 Å². The lowest BCUT2D eigenvalue weighted by Gasteiger charge is -1.90. The molecule has 0 saturated carbocycles. The minimum absolute atomic E-state index is 0.640. The van der Waals surface area contributed by atoms with E-state index in [0.29, 0.717) is 12.1 Å². The van der Waals surface area contributed by atoms with E-state index in [9.17, 15) is 0 Å². The maximum Gasteiger partial charge on any atom is 0.0991 e. The molecule has 0 spiro atoms. The van der Waals surface area contributed by atoms with E-state index in [1.165, 1.54) is 11.1 Å². The molecule has 0 amide bonds. The third kappa shape index (κ3) is 8.87. The zero-order valence-corrected chi connectivity index (χ0v) is 13.4. The van der Waals surface area contributed by atoms with Gasteiger partial charge in [0, 0.05) is 6.54 Å². The summed E-state index contributed by atoms with van der Waals surface area (Å²) in [5.41, 5.74) is 8.57. The predicted molar refractivity (Wildman–Crippen MR) is 96.7 cm³/mol. The lowest BCUT2D eigenvalue weighted by atomic mass is 10.2. The van der Waals surface area contributed by atoms with Crippen LogP contribution in [0.5, 0.6) is 0 Å². The molecule has 23 heavy (non-hydrogen) atoms. The average Bonchev–Trinajstić information content (AvgIpc) is 2.65. The van der Waals surface area contributed by atoms with Crippen LogP contribution in [0.3, 0.4) is 0 Å². The molecule has 0 aliphatic carbocycles. The van der Waals surface area contributed by atoms with Gasteiger partial charge in [-0.2, -0.15) is 5.26 Å². The highest BCUT2D eigenvalue weighted by molar-refractivity contribution is 5.27. The first kappa shape index (κ1) is 18.2. The normalized spacial score (nSPS) is 8.57. The molecule has 0 atom stereocenters. The number of nitrogens with two attached hydrogens (primary N) is 1. The monoisotopic (exact) mass is 302 g/mol. The minimum atomic E-state index is 0.640. The molecular formula is C21H22N2. The molecule has 0 heterocycles. The van der Waals surface area contributed by atoms with Crippen molar-refractivity contribution >= 4 is 0 Å². The molecule has 3 aromatic rings. The number of hydrogen-bond acceptors (Lipinski definition) is 2. The summed E-state index contributed by atoms with van der Waals surface area (Å²) >= 11 is 0. The number of nitrogens with zero attached hydrogens (tertiary/aromatic N) is 1. The second-order valence-corrected chi connectivity index (χ2v) is 4.82. The number of rotatable bonds is 1. The highest BCUT2D eigenvalue weighted by Crippen LogP contribution is 1.94. The molecule has 3 rings (SSSR count). The van der Waals surface area contributed by atoms with Crippen LogP contribution >= 0.6 is 0 Å². The Bertz CT molecular complexity index is 671. The van der Waals surface area contributed by atoms with E-state index in [2.05, 4.69) is 19.1 Å². The second-order valence-electron chi connectivity index (χ2n) is 4.82. The van der Waals surface area contributed by atoms with E-state index in [-0.39, 0.29) is 0 Å². The minimum Gasteiger partial charge on any atom is -0.326 e. The van der Waals surface area contributed by atoms with Crippen LogP contribution < -0.4 is 5.73 Å². The van der Waals surface area contributed by atoms with Crippen molar-refractivity contribution in [2.24, 2.45) is 5.73 Å². The van der Waals surface area contributed by atoms with Crippen LogP contribution in [-0.2, 0) is 6.54 Å². The number of nitriles is 1. The Kier molecular flexibility index (Phi) is 9.27. The highest BCUT2D eigenvalue weighted by Gasteiger charge is 1.80. The molecule has 0 aromatic heterocycles. The van der Waals surface area contributed by atoms with Gasteiger partial charge in [0.15, 0.2) is 0 Å². The van der Waals surface area contributed by atoms with Gasteiger partial charge in [0.2, 0.25) is 0 Å². The Hall–Kier alpha value is -2.89. The highest BCUT2D eigenvalue weighted by atomic mass is 14.5. The Labute approximate surface area is 138 Å². The van der Waals surface area contributed by atoms with E-state index in [0.717, 1.165) is 0 Å². The molecule has 0 fully saturated rings. The Balaban J connectivity index is 0.000000173. The molecule has 0 aliphatic rings. The zero-order valence-electron chi connectivity index (χ0n) is 13.4. The molecule has 2 heteroatoms. The fourth-order valence-corrected chi connectivity index (χ4v) is 1.66. The third-order valence-electron chi connectivity index (χ3n) is 2.92. The van der Waals surface area contributed by atoms with Crippen molar-refractivity contribution < 1.29 is 0 Å². The van der Waals surface area contributed by atoms with Crippen molar-refractivity contribution in [3.05, 3.63) is 108 Å². The van der Waals surface area contributed by atoms with Gasteiger partial charge in [-0.3, -0.25) is 0 Å². The number of benzene rings is 3. The molecular weight excluding hydrogens is 280 g/mol. The number of aryl methyl sites for hydroxylation is 1. The van der Waals surface area contributed by atoms with Crippen molar-refractivity contribution in [3.8, 4) is 6.07 Å². The Morgan fingerprint density at radius 1 is 0.739 bits per heavy atom. The SMILES string of the molecule is Cc1ccccc1.N#Cc1ccccc1.NCc1ccccc1. The van der Waals surface area contributed by atoms with Gasteiger partial charge in [-0.15, -0.1) is 0 Å². The number of hydrogen-bond donors (Lipinski definition) is 1. The van der Waals surface area contributed by atoms with Gasteiger partial charge >= 0.3 is 0 Å². The first-order valence-corrected chi connectivity index (χ1v) is 7.47. The van der Waals surface area contributed by atoms with Crippen molar-refractivity contribution in [3.63, 3.8) is 0 Å². The molecule has 0 saturated heterocycles. The van der Waals surface area contributed by atoms with E-state index >= 15 is 0 Å². The van der Waals surface area contributed by atoms with E-state index < -0.39 is 0 Å². The van der Waals surface area contributed by atoms with Crippen molar-refractivity contribution in [1.29, 1.82) is 5.26 Å². The summed E-state index contributed by atoms with van der Waals surface area (Å²) in [7, 11) is 0. The van der Waals surface area contributed by atoms with Gasteiger partial charge in [-0.1, -0.05) is 84.4 Å². The van der Waals surface area contributed by atoms with Gasteiger partial charge in [0.25, 0.3) is 0 Å². The van der Waals surface area contributed by atoms with Gasteiger partial charge in [-0.25, -0.2) is 0 Å². The molecule has 3 aromatic carbocycles. The van der Waals surface area contributed by atoms with Crippen molar-refractivity contribution in [2.75, 3.05) is 0 Å². The van der Waals surface area contributed by atoms with Crippen LogP contribution in [0.25, 0.3) is 0 Å². The van der Waals surface area contributed by atoms with Crippen LogP contribution in [-0.4, -0.2) is 0 Å². The summed E-state index contributed by atoms with van der Waals surface area (Å²) in [5.74, 6) is 0. The lowest BCUT2D eigenvalue weighted by molar-refractivity contribution is 1.07. The molecule has 0 unspecified atom stereocenters. The molecule has 0 aliphatic heterocycles. The average molecular weight is 302 g/mol.